The Kier molecular flexibility index (Phi) is 7.06. The predicted octanol–water partition coefficient (Wildman–Crippen LogP) is 1.08. The Morgan fingerprint density at radius 2 is 1.88 bits per heavy atom. The van der Waals surface area contributed by atoms with Crippen LogP contribution in [0.3, 0.4) is 0 Å². The molecule has 1 aromatic rings. The predicted molar refractivity (Wildman–Crippen MR) is 94.8 cm³/mol. The molecule has 1 atom stereocenters. The first-order valence-electron chi connectivity index (χ1n) is 8.56. The number of hydrogen-bond acceptors (Lipinski definition) is 3. The smallest absolute Gasteiger partial charge is 0.317 e. The van der Waals surface area contributed by atoms with Crippen molar-refractivity contribution in [1.82, 2.24) is 20.4 Å². The van der Waals surface area contributed by atoms with Crippen molar-refractivity contribution in [3.05, 3.63) is 35.9 Å². The van der Waals surface area contributed by atoms with Crippen LogP contribution in [0.1, 0.15) is 18.4 Å². The molecular weight excluding hydrogens is 304 g/mol. The van der Waals surface area contributed by atoms with Gasteiger partial charge in [0.25, 0.3) is 0 Å². The number of urea groups is 1. The maximum atomic E-state index is 12.2. The van der Waals surface area contributed by atoms with Gasteiger partial charge in [0.2, 0.25) is 5.91 Å². The molecule has 0 radical (unpaired) electrons. The summed E-state index contributed by atoms with van der Waals surface area (Å²) >= 11 is 0. The molecule has 6 heteroatoms. The molecule has 0 bridgehead atoms. The Hall–Kier alpha value is -2.08. The zero-order chi connectivity index (χ0) is 17.4. The molecule has 0 aliphatic carbocycles. The highest BCUT2D eigenvalue weighted by Gasteiger charge is 2.24. The van der Waals surface area contributed by atoms with E-state index in [1.807, 2.05) is 49.3 Å². The van der Waals surface area contributed by atoms with E-state index < -0.39 is 0 Å². The summed E-state index contributed by atoms with van der Waals surface area (Å²) in [5.74, 6) is -0.0268. The molecule has 3 amide bonds. The highest BCUT2D eigenvalue weighted by Crippen LogP contribution is 2.13. The number of likely N-dealkylation sites (tertiary alicyclic amines) is 1. The number of carbonyl (C=O) groups excluding carboxylic acids is 2. The van der Waals surface area contributed by atoms with Crippen molar-refractivity contribution < 1.29 is 9.59 Å². The molecule has 1 saturated heterocycles. The fraction of sp³-hybridized carbons (Fsp3) is 0.556. The maximum Gasteiger partial charge on any atom is 0.317 e. The molecule has 2 rings (SSSR count). The second-order valence-corrected chi connectivity index (χ2v) is 6.45. The molecular formula is C18H28N4O2. The molecule has 2 N–H and O–H groups in total. The zero-order valence-corrected chi connectivity index (χ0v) is 14.6. The molecule has 6 nitrogen and oxygen atoms in total. The number of nitrogens with zero attached hydrogens (tertiary/aromatic N) is 2. The molecule has 24 heavy (non-hydrogen) atoms. The number of carbonyl (C=O) groups is 2. The van der Waals surface area contributed by atoms with Crippen LogP contribution in [0.4, 0.5) is 4.79 Å². The van der Waals surface area contributed by atoms with Crippen molar-refractivity contribution in [2.24, 2.45) is 0 Å². The maximum absolute atomic E-state index is 12.2. The van der Waals surface area contributed by atoms with Gasteiger partial charge in [0, 0.05) is 32.2 Å². The fourth-order valence-electron chi connectivity index (χ4n) is 2.89. The standard InChI is InChI=1S/C18H28N4O2/c1-21(2)16-9-6-12-22(14-16)18(24)20-11-10-19-17(23)13-15-7-4-3-5-8-15/h3-5,7-8,16H,6,9-14H2,1-2H3,(H,19,23)(H,20,24)/t16-/m1/s1. The molecule has 0 saturated carbocycles. The van der Waals surface area contributed by atoms with Crippen molar-refractivity contribution in [3.63, 3.8) is 0 Å². The summed E-state index contributed by atoms with van der Waals surface area (Å²) in [4.78, 5) is 28.1. The van der Waals surface area contributed by atoms with Gasteiger partial charge in [-0.1, -0.05) is 30.3 Å². The number of benzene rings is 1. The third-order valence-electron chi connectivity index (χ3n) is 4.34. The first-order valence-corrected chi connectivity index (χ1v) is 8.56. The monoisotopic (exact) mass is 332 g/mol. The number of nitrogens with one attached hydrogen (secondary N) is 2. The highest BCUT2D eigenvalue weighted by molar-refractivity contribution is 5.78. The van der Waals surface area contributed by atoms with Crippen LogP contribution in [0.25, 0.3) is 0 Å². The summed E-state index contributed by atoms with van der Waals surface area (Å²) in [5.41, 5.74) is 0.988. The van der Waals surface area contributed by atoms with Crippen LogP contribution in [0.5, 0.6) is 0 Å². The van der Waals surface area contributed by atoms with Crippen molar-refractivity contribution >= 4 is 11.9 Å². The van der Waals surface area contributed by atoms with Crippen molar-refractivity contribution in [2.45, 2.75) is 25.3 Å². The van der Waals surface area contributed by atoms with E-state index in [0.717, 1.165) is 31.5 Å². The Morgan fingerprint density at radius 1 is 1.17 bits per heavy atom. The number of likely N-dealkylation sites (N-methyl/N-ethyl adjacent to an activating group) is 1. The second kappa shape index (κ2) is 9.27. The lowest BCUT2D eigenvalue weighted by Crippen LogP contribution is -2.51. The molecule has 1 aliphatic rings. The Labute approximate surface area is 144 Å². The van der Waals surface area contributed by atoms with Gasteiger partial charge >= 0.3 is 6.03 Å². The van der Waals surface area contributed by atoms with E-state index in [2.05, 4.69) is 15.5 Å². The highest BCUT2D eigenvalue weighted by atomic mass is 16.2. The first-order chi connectivity index (χ1) is 11.6. The van der Waals surface area contributed by atoms with E-state index in [9.17, 15) is 9.59 Å². The number of amides is 3. The van der Waals surface area contributed by atoms with Crippen LogP contribution in [0, 0.1) is 0 Å². The van der Waals surface area contributed by atoms with E-state index in [-0.39, 0.29) is 11.9 Å². The largest absolute Gasteiger partial charge is 0.354 e. The van der Waals surface area contributed by atoms with E-state index in [4.69, 9.17) is 0 Å². The second-order valence-electron chi connectivity index (χ2n) is 6.45. The zero-order valence-electron chi connectivity index (χ0n) is 14.6. The lowest BCUT2D eigenvalue weighted by Gasteiger charge is -2.36. The van der Waals surface area contributed by atoms with Crippen LogP contribution in [0.2, 0.25) is 0 Å². The quantitative estimate of drug-likeness (QED) is 0.766. The molecule has 1 aliphatic heterocycles. The third kappa shape index (κ3) is 5.85. The van der Waals surface area contributed by atoms with Crippen LogP contribution >= 0.6 is 0 Å². The van der Waals surface area contributed by atoms with Crippen LogP contribution in [-0.2, 0) is 11.2 Å². The molecule has 0 spiro atoms. The first kappa shape index (κ1) is 18.3. The summed E-state index contributed by atoms with van der Waals surface area (Å²) in [6, 6.07) is 10.0. The van der Waals surface area contributed by atoms with E-state index in [1.54, 1.807) is 0 Å². The summed E-state index contributed by atoms with van der Waals surface area (Å²) in [5, 5.41) is 5.72. The van der Waals surface area contributed by atoms with Gasteiger partial charge in [-0.15, -0.1) is 0 Å². The minimum absolute atomic E-state index is 0.0268. The lowest BCUT2D eigenvalue weighted by molar-refractivity contribution is -0.120. The van der Waals surface area contributed by atoms with Crippen LogP contribution < -0.4 is 10.6 Å². The Morgan fingerprint density at radius 3 is 2.58 bits per heavy atom. The molecule has 1 heterocycles. The summed E-state index contributed by atoms with van der Waals surface area (Å²) in [6.45, 7) is 2.46. The van der Waals surface area contributed by atoms with Crippen LogP contribution in [-0.4, -0.2) is 68.1 Å². The molecule has 1 fully saturated rings. The average molecular weight is 332 g/mol. The minimum atomic E-state index is -0.0427. The Balaban J connectivity index is 1.63. The minimum Gasteiger partial charge on any atom is -0.354 e. The molecule has 1 aromatic carbocycles. The van der Waals surface area contributed by atoms with E-state index >= 15 is 0 Å². The Bertz CT molecular complexity index is 533. The van der Waals surface area contributed by atoms with Crippen molar-refractivity contribution in [1.29, 1.82) is 0 Å². The molecule has 0 aromatic heterocycles. The molecule has 132 valence electrons. The number of rotatable bonds is 6. The van der Waals surface area contributed by atoms with Gasteiger partial charge in [0.15, 0.2) is 0 Å². The van der Waals surface area contributed by atoms with Gasteiger partial charge < -0.3 is 20.4 Å². The SMILES string of the molecule is CN(C)[C@@H]1CCCN(C(=O)NCCNC(=O)Cc2ccccc2)C1. The van der Waals surface area contributed by atoms with E-state index in [1.165, 1.54) is 0 Å². The van der Waals surface area contributed by atoms with Gasteiger partial charge in [0.1, 0.15) is 0 Å². The fourth-order valence-corrected chi connectivity index (χ4v) is 2.89. The van der Waals surface area contributed by atoms with Crippen molar-refractivity contribution in [3.8, 4) is 0 Å². The van der Waals surface area contributed by atoms with Gasteiger partial charge in [-0.2, -0.15) is 0 Å². The lowest BCUT2D eigenvalue weighted by atomic mass is 10.1. The number of piperidine rings is 1. The van der Waals surface area contributed by atoms with Gasteiger partial charge in [-0.25, -0.2) is 4.79 Å². The summed E-state index contributed by atoms with van der Waals surface area (Å²) < 4.78 is 0. The molecule has 0 unspecified atom stereocenters. The van der Waals surface area contributed by atoms with Gasteiger partial charge in [-0.05, 0) is 32.5 Å². The van der Waals surface area contributed by atoms with E-state index in [0.29, 0.717) is 25.6 Å². The summed E-state index contributed by atoms with van der Waals surface area (Å²) in [7, 11) is 4.10. The average Bonchev–Trinajstić information content (AvgIpc) is 2.59. The van der Waals surface area contributed by atoms with Crippen LogP contribution in [0.15, 0.2) is 30.3 Å². The van der Waals surface area contributed by atoms with Crippen molar-refractivity contribution in [2.75, 3.05) is 40.3 Å². The summed E-state index contributed by atoms with van der Waals surface area (Å²) in [6.07, 6.45) is 2.53. The van der Waals surface area contributed by atoms with Gasteiger partial charge in [0.05, 0.1) is 6.42 Å². The van der Waals surface area contributed by atoms with Gasteiger partial charge in [-0.3, -0.25) is 4.79 Å². The third-order valence-corrected chi connectivity index (χ3v) is 4.34. The number of hydrogen-bond donors (Lipinski definition) is 2. The topological polar surface area (TPSA) is 64.7 Å². The normalized spacial score (nSPS) is 17.6.